The first-order chi connectivity index (χ1) is 9.49. The van der Waals surface area contributed by atoms with Crippen LogP contribution in [-0.2, 0) is 16.1 Å². The fourth-order valence-electron chi connectivity index (χ4n) is 1.62. The highest BCUT2D eigenvalue weighted by Crippen LogP contribution is 2.05. The number of aryl methyl sites for hydroxylation is 1. The number of unbranched alkanes of at least 4 members (excludes halogenated alkanes) is 1. The molecule has 0 atom stereocenters. The molecule has 1 amide bonds. The number of pyridine rings is 1. The van der Waals surface area contributed by atoms with E-state index in [0.717, 1.165) is 17.3 Å². The predicted molar refractivity (Wildman–Crippen MR) is 77.5 cm³/mol. The number of aromatic nitrogens is 1. The lowest BCUT2D eigenvalue weighted by Gasteiger charge is -2.07. The number of hydrogen-bond donors (Lipinski definition) is 2. The van der Waals surface area contributed by atoms with Crippen molar-refractivity contribution in [2.75, 3.05) is 6.54 Å². The number of carbonyl (C=O) groups excluding carboxylic acids is 1. The van der Waals surface area contributed by atoms with Gasteiger partial charge in [0.1, 0.15) is 0 Å². The van der Waals surface area contributed by atoms with E-state index in [4.69, 9.17) is 5.11 Å². The molecule has 2 N–H and O–H groups in total. The number of amides is 1. The second kappa shape index (κ2) is 8.52. The normalized spacial score (nSPS) is 10.2. The Bertz CT molecular complexity index is 527. The van der Waals surface area contributed by atoms with Crippen LogP contribution < -0.4 is 10.9 Å². The third kappa shape index (κ3) is 6.51. The SMILES string of the molecule is O=C(O)CCC(=O)NCCCCn1cc(Br)ccc1=O. The van der Waals surface area contributed by atoms with Crippen molar-refractivity contribution in [3.63, 3.8) is 0 Å². The molecule has 0 aromatic carbocycles. The van der Waals surface area contributed by atoms with Gasteiger partial charge < -0.3 is 15.0 Å². The van der Waals surface area contributed by atoms with Crippen molar-refractivity contribution in [2.45, 2.75) is 32.2 Å². The Labute approximate surface area is 124 Å². The molecular weight excluding hydrogens is 328 g/mol. The molecule has 7 heteroatoms. The molecule has 1 aromatic rings. The second-order valence-electron chi connectivity index (χ2n) is 4.33. The van der Waals surface area contributed by atoms with Gasteiger partial charge in [-0.25, -0.2) is 0 Å². The predicted octanol–water partition coefficient (Wildman–Crippen LogP) is 1.37. The van der Waals surface area contributed by atoms with Crippen molar-refractivity contribution in [3.05, 3.63) is 33.2 Å². The van der Waals surface area contributed by atoms with Gasteiger partial charge >= 0.3 is 5.97 Å². The van der Waals surface area contributed by atoms with Crippen LogP contribution in [0.25, 0.3) is 0 Å². The first-order valence-corrected chi connectivity index (χ1v) is 7.13. The van der Waals surface area contributed by atoms with Gasteiger partial charge in [-0.05, 0) is 34.8 Å². The average Bonchev–Trinajstić information content (AvgIpc) is 2.39. The lowest BCUT2D eigenvalue weighted by atomic mass is 10.2. The summed E-state index contributed by atoms with van der Waals surface area (Å²) in [7, 11) is 0. The van der Waals surface area contributed by atoms with Crippen molar-refractivity contribution < 1.29 is 14.7 Å². The minimum absolute atomic E-state index is 0.000420. The van der Waals surface area contributed by atoms with Crippen LogP contribution in [0.5, 0.6) is 0 Å². The molecule has 0 unspecified atom stereocenters. The van der Waals surface area contributed by atoms with Gasteiger partial charge in [-0.3, -0.25) is 14.4 Å². The molecule has 0 bridgehead atoms. The highest BCUT2D eigenvalue weighted by Gasteiger charge is 2.04. The van der Waals surface area contributed by atoms with Crippen LogP contribution in [0.1, 0.15) is 25.7 Å². The van der Waals surface area contributed by atoms with E-state index in [1.54, 1.807) is 16.8 Å². The topological polar surface area (TPSA) is 88.4 Å². The van der Waals surface area contributed by atoms with E-state index in [2.05, 4.69) is 21.2 Å². The molecule has 1 rings (SSSR count). The van der Waals surface area contributed by atoms with Gasteiger partial charge in [-0.2, -0.15) is 0 Å². The molecule has 0 saturated carbocycles. The van der Waals surface area contributed by atoms with E-state index >= 15 is 0 Å². The van der Waals surface area contributed by atoms with Crippen molar-refractivity contribution in [2.24, 2.45) is 0 Å². The number of carbonyl (C=O) groups is 2. The van der Waals surface area contributed by atoms with Crippen LogP contribution in [0.15, 0.2) is 27.6 Å². The van der Waals surface area contributed by atoms with Crippen LogP contribution in [0.3, 0.4) is 0 Å². The minimum Gasteiger partial charge on any atom is -0.481 e. The van der Waals surface area contributed by atoms with E-state index in [1.165, 1.54) is 6.07 Å². The van der Waals surface area contributed by atoms with Gasteiger partial charge in [-0.15, -0.1) is 0 Å². The highest BCUT2D eigenvalue weighted by molar-refractivity contribution is 9.10. The van der Waals surface area contributed by atoms with Gasteiger partial charge in [0, 0.05) is 36.2 Å². The number of nitrogens with one attached hydrogen (secondary N) is 1. The van der Waals surface area contributed by atoms with E-state index in [-0.39, 0.29) is 24.3 Å². The van der Waals surface area contributed by atoms with Crippen molar-refractivity contribution in [3.8, 4) is 0 Å². The molecule has 110 valence electrons. The summed E-state index contributed by atoms with van der Waals surface area (Å²) < 4.78 is 2.45. The molecule has 0 aliphatic heterocycles. The number of nitrogens with zero attached hydrogens (tertiary/aromatic N) is 1. The summed E-state index contributed by atoms with van der Waals surface area (Å²) in [6.07, 6.45) is 3.07. The number of carboxylic acid groups (broad SMARTS) is 1. The van der Waals surface area contributed by atoms with Crippen LogP contribution >= 0.6 is 15.9 Å². The van der Waals surface area contributed by atoms with Gasteiger partial charge in [0.2, 0.25) is 5.91 Å². The largest absolute Gasteiger partial charge is 0.481 e. The number of rotatable bonds is 8. The Kier molecular flexibility index (Phi) is 7.00. The number of hydrogen-bond acceptors (Lipinski definition) is 3. The summed E-state index contributed by atoms with van der Waals surface area (Å²) in [5.74, 6) is -1.23. The molecule has 0 radical (unpaired) electrons. The average molecular weight is 345 g/mol. The van der Waals surface area contributed by atoms with Crippen molar-refractivity contribution >= 4 is 27.8 Å². The van der Waals surface area contributed by atoms with Crippen molar-refractivity contribution in [1.82, 2.24) is 9.88 Å². The van der Waals surface area contributed by atoms with E-state index < -0.39 is 5.97 Å². The zero-order valence-electron chi connectivity index (χ0n) is 11.0. The maximum atomic E-state index is 11.5. The van der Waals surface area contributed by atoms with Gasteiger partial charge in [0.25, 0.3) is 5.56 Å². The van der Waals surface area contributed by atoms with Crippen molar-refractivity contribution in [1.29, 1.82) is 0 Å². The molecule has 20 heavy (non-hydrogen) atoms. The maximum absolute atomic E-state index is 11.5. The zero-order chi connectivity index (χ0) is 15.0. The summed E-state index contributed by atoms with van der Waals surface area (Å²) >= 11 is 3.30. The molecule has 0 fully saturated rings. The summed E-state index contributed by atoms with van der Waals surface area (Å²) in [5, 5.41) is 11.1. The Morgan fingerprint density at radius 2 is 2.00 bits per heavy atom. The van der Waals surface area contributed by atoms with E-state index in [9.17, 15) is 14.4 Å². The van der Waals surface area contributed by atoms with Crippen LogP contribution in [0, 0.1) is 0 Å². The number of aliphatic carboxylic acids is 1. The molecule has 0 aliphatic rings. The smallest absolute Gasteiger partial charge is 0.303 e. The first-order valence-electron chi connectivity index (χ1n) is 6.33. The summed E-state index contributed by atoms with van der Waals surface area (Å²) in [6.45, 7) is 1.07. The number of halogens is 1. The molecule has 0 saturated heterocycles. The summed E-state index contributed by atoms with van der Waals surface area (Å²) in [4.78, 5) is 33.0. The lowest BCUT2D eigenvalue weighted by molar-refractivity contribution is -0.138. The van der Waals surface area contributed by atoms with E-state index in [0.29, 0.717) is 13.1 Å². The van der Waals surface area contributed by atoms with Gasteiger partial charge in [-0.1, -0.05) is 0 Å². The molecule has 0 spiro atoms. The minimum atomic E-state index is -0.978. The summed E-state index contributed by atoms with van der Waals surface area (Å²) in [6, 6.07) is 3.19. The Morgan fingerprint density at radius 1 is 1.25 bits per heavy atom. The molecule has 0 aliphatic carbocycles. The van der Waals surface area contributed by atoms with E-state index in [1.807, 2.05) is 0 Å². The third-order valence-corrected chi connectivity index (χ3v) is 3.13. The van der Waals surface area contributed by atoms with Crippen LogP contribution in [0.2, 0.25) is 0 Å². The fraction of sp³-hybridized carbons (Fsp3) is 0.462. The molecule has 6 nitrogen and oxygen atoms in total. The Balaban J connectivity index is 2.19. The zero-order valence-corrected chi connectivity index (χ0v) is 12.6. The van der Waals surface area contributed by atoms with Crippen LogP contribution in [0.4, 0.5) is 0 Å². The second-order valence-corrected chi connectivity index (χ2v) is 5.25. The third-order valence-electron chi connectivity index (χ3n) is 2.66. The fourth-order valence-corrected chi connectivity index (χ4v) is 2.00. The van der Waals surface area contributed by atoms with Crippen LogP contribution in [-0.4, -0.2) is 28.1 Å². The molecular formula is C13H17BrN2O4. The lowest BCUT2D eigenvalue weighted by Crippen LogP contribution is -2.25. The Morgan fingerprint density at radius 3 is 2.70 bits per heavy atom. The monoisotopic (exact) mass is 344 g/mol. The molecule has 1 aromatic heterocycles. The van der Waals surface area contributed by atoms with Gasteiger partial charge in [0.15, 0.2) is 0 Å². The quantitative estimate of drug-likeness (QED) is 0.697. The standard InChI is InChI=1S/C13H17BrN2O4/c14-10-3-5-12(18)16(9-10)8-2-1-7-15-11(17)4-6-13(19)20/h3,5,9H,1-2,4,6-8H2,(H,15,17)(H,19,20). The summed E-state index contributed by atoms with van der Waals surface area (Å²) in [5.41, 5.74) is -0.0568. The molecule has 1 heterocycles. The Hall–Kier alpha value is -1.63. The highest BCUT2D eigenvalue weighted by atomic mass is 79.9. The van der Waals surface area contributed by atoms with Gasteiger partial charge in [0.05, 0.1) is 6.42 Å². The number of carboxylic acids is 1. The maximum Gasteiger partial charge on any atom is 0.303 e. The first kappa shape index (κ1) is 16.4.